The Morgan fingerprint density at radius 2 is 1.86 bits per heavy atom. The number of halogens is 1. The van der Waals surface area contributed by atoms with E-state index in [2.05, 4.69) is 4.98 Å². The maximum atomic E-state index is 14.8. The molecular weight excluding hydrogens is 477 g/mol. The highest BCUT2D eigenvalue weighted by molar-refractivity contribution is 7.89. The monoisotopic (exact) mass is 501 g/mol. The van der Waals surface area contributed by atoms with E-state index >= 15 is 0 Å². The lowest BCUT2D eigenvalue weighted by Crippen LogP contribution is -2.43. The summed E-state index contributed by atoms with van der Waals surface area (Å²) < 4.78 is 58.7. The number of rotatable bonds is 7. The van der Waals surface area contributed by atoms with Crippen molar-refractivity contribution >= 4 is 16.1 Å². The van der Waals surface area contributed by atoms with Crippen LogP contribution in [0, 0.1) is 12.7 Å². The molecule has 3 aromatic rings. The predicted molar refractivity (Wildman–Crippen MR) is 124 cm³/mol. The molecule has 1 atom stereocenters. The lowest BCUT2D eigenvalue weighted by atomic mass is 9.94. The summed E-state index contributed by atoms with van der Waals surface area (Å²) in [7, 11) is -4.23. The van der Waals surface area contributed by atoms with Crippen LogP contribution in [-0.2, 0) is 21.2 Å². The molecule has 1 aliphatic rings. The Morgan fingerprint density at radius 1 is 1.14 bits per heavy atom. The number of amides is 1. The Hall–Kier alpha value is -3.70. The fourth-order valence-electron chi connectivity index (χ4n) is 3.91. The number of sulfonamides is 1. The first-order valence-electron chi connectivity index (χ1n) is 10.8. The van der Waals surface area contributed by atoms with Crippen molar-refractivity contribution in [2.75, 3.05) is 13.2 Å². The number of carbonyl (C=O) groups is 1. The Labute approximate surface area is 202 Å². The molecule has 35 heavy (non-hydrogen) atoms. The Bertz CT molecular complexity index is 1330. The zero-order valence-corrected chi connectivity index (χ0v) is 19.9. The number of aryl methyl sites for hydroxylation is 1. The van der Waals surface area contributed by atoms with Gasteiger partial charge in [0.2, 0.25) is 15.9 Å². The van der Waals surface area contributed by atoms with Crippen molar-refractivity contribution in [2.24, 2.45) is 5.73 Å². The molecule has 0 radical (unpaired) electrons. The number of primary amides is 1. The largest absolute Gasteiger partial charge is 0.494 e. The zero-order valence-electron chi connectivity index (χ0n) is 19.1. The minimum atomic E-state index is -4.23. The van der Waals surface area contributed by atoms with E-state index in [0.717, 1.165) is 16.1 Å². The number of ether oxygens (including phenoxy) is 3. The van der Waals surface area contributed by atoms with Crippen LogP contribution >= 0.6 is 0 Å². The number of pyridine rings is 1. The van der Waals surface area contributed by atoms with Crippen molar-refractivity contribution in [1.82, 2.24) is 9.29 Å². The van der Waals surface area contributed by atoms with E-state index in [4.69, 9.17) is 19.9 Å². The van der Waals surface area contributed by atoms with Crippen molar-refractivity contribution in [3.05, 3.63) is 77.2 Å². The fraction of sp³-hybridized carbons (Fsp3) is 0.250. The Balaban J connectivity index is 1.60. The SMILES string of the molecule is CCOc1ccc(Oc2ccc(S(=O)(=O)N3CCc4c(C)ccc(F)c4[C@H]3OC(N)=O)cn2)cc1. The summed E-state index contributed by atoms with van der Waals surface area (Å²) in [5.41, 5.74) is 6.51. The Kier molecular flexibility index (Phi) is 6.90. The van der Waals surface area contributed by atoms with Gasteiger partial charge in [-0.15, -0.1) is 0 Å². The fourth-order valence-corrected chi connectivity index (χ4v) is 5.34. The summed E-state index contributed by atoms with van der Waals surface area (Å²) in [6.07, 6.45) is -1.40. The molecule has 1 amide bonds. The molecule has 0 fully saturated rings. The first kappa shape index (κ1) is 24.4. The highest BCUT2D eigenvalue weighted by Gasteiger charge is 2.41. The van der Waals surface area contributed by atoms with Crippen molar-refractivity contribution in [3.8, 4) is 17.4 Å². The van der Waals surface area contributed by atoms with Crippen molar-refractivity contribution < 1.29 is 31.8 Å². The van der Waals surface area contributed by atoms with Crippen LogP contribution < -0.4 is 15.2 Å². The maximum Gasteiger partial charge on any atom is 0.406 e. The summed E-state index contributed by atoms with van der Waals surface area (Å²) in [6.45, 7) is 4.16. The quantitative estimate of drug-likeness (QED) is 0.518. The number of aromatic nitrogens is 1. The van der Waals surface area contributed by atoms with Gasteiger partial charge in [-0.1, -0.05) is 6.07 Å². The number of benzene rings is 2. The molecule has 2 heterocycles. The van der Waals surface area contributed by atoms with Crippen LogP contribution in [0.15, 0.2) is 59.6 Å². The second kappa shape index (κ2) is 9.88. The summed E-state index contributed by atoms with van der Waals surface area (Å²) >= 11 is 0. The van der Waals surface area contributed by atoms with E-state index in [1.54, 1.807) is 37.3 Å². The van der Waals surface area contributed by atoms with Gasteiger partial charge in [-0.05, 0) is 67.8 Å². The molecule has 11 heteroatoms. The molecule has 4 rings (SSSR count). The molecular formula is C24H24FN3O6S. The van der Waals surface area contributed by atoms with E-state index in [0.29, 0.717) is 23.7 Å². The van der Waals surface area contributed by atoms with Gasteiger partial charge in [0.25, 0.3) is 0 Å². The molecule has 2 N–H and O–H groups in total. The minimum absolute atomic E-state index is 0.0259. The molecule has 0 saturated heterocycles. The number of nitrogens with two attached hydrogens (primary N) is 1. The third-order valence-electron chi connectivity index (χ3n) is 5.53. The summed E-state index contributed by atoms with van der Waals surface area (Å²) in [6, 6.07) is 12.4. The predicted octanol–water partition coefficient (Wildman–Crippen LogP) is 4.06. The van der Waals surface area contributed by atoms with Gasteiger partial charge in [0, 0.05) is 18.2 Å². The van der Waals surface area contributed by atoms with Crippen molar-refractivity contribution in [1.29, 1.82) is 0 Å². The molecule has 0 aliphatic carbocycles. The summed E-state index contributed by atoms with van der Waals surface area (Å²) in [4.78, 5) is 15.5. The number of hydrogen-bond donors (Lipinski definition) is 1. The van der Waals surface area contributed by atoms with E-state index < -0.39 is 28.2 Å². The second-order valence-corrected chi connectivity index (χ2v) is 9.64. The van der Waals surface area contributed by atoms with Crippen LogP contribution in [0.2, 0.25) is 0 Å². The average Bonchev–Trinajstić information content (AvgIpc) is 2.83. The molecule has 1 aliphatic heterocycles. The third kappa shape index (κ3) is 5.05. The van der Waals surface area contributed by atoms with Gasteiger partial charge >= 0.3 is 6.09 Å². The first-order valence-corrected chi connectivity index (χ1v) is 12.3. The van der Waals surface area contributed by atoms with Crippen molar-refractivity contribution in [2.45, 2.75) is 31.4 Å². The summed E-state index contributed by atoms with van der Waals surface area (Å²) in [5, 5.41) is 0. The second-order valence-electron chi connectivity index (χ2n) is 7.75. The van der Waals surface area contributed by atoms with Crippen LogP contribution in [-0.4, -0.2) is 37.0 Å². The Morgan fingerprint density at radius 3 is 2.49 bits per heavy atom. The maximum absolute atomic E-state index is 14.8. The minimum Gasteiger partial charge on any atom is -0.494 e. The van der Waals surface area contributed by atoms with Gasteiger partial charge in [0.1, 0.15) is 22.2 Å². The van der Waals surface area contributed by atoms with Gasteiger partial charge in [-0.3, -0.25) is 0 Å². The molecule has 0 spiro atoms. The van der Waals surface area contributed by atoms with Gasteiger partial charge in [0.05, 0.1) is 12.8 Å². The highest BCUT2D eigenvalue weighted by atomic mass is 32.2. The molecule has 9 nitrogen and oxygen atoms in total. The van der Waals surface area contributed by atoms with E-state index in [1.165, 1.54) is 18.2 Å². The molecule has 0 bridgehead atoms. The van der Waals surface area contributed by atoms with Crippen LogP contribution in [0.25, 0.3) is 0 Å². The van der Waals surface area contributed by atoms with Crippen LogP contribution in [0.4, 0.5) is 9.18 Å². The van der Waals surface area contributed by atoms with Gasteiger partial charge < -0.3 is 19.9 Å². The average molecular weight is 502 g/mol. The van der Waals surface area contributed by atoms with Gasteiger partial charge in [-0.25, -0.2) is 22.6 Å². The van der Waals surface area contributed by atoms with Crippen LogP contribution in [0.5, 0.6) is 17.4 Å². The molecule has 2 aromatic carbocycles. The zero-order chi connectivity index (χ0) is 25.2. The normalized spacial score (nSPS) is 15.8. The molecule has 184 valence electrons. The van der Waals surface area contributed by atoms with E-state index in [9.17, 15) is 17.6 Å². The van der Waals surface area contributed by atoms with E-state index in [1.807, 2.05) is 6.92 Å². The number of hydrogen-bond acceptors (Lipinski definition) is 7. The molecule has 0 unspecified atom stereocenters. The van der Waals surface area contributed by atoms with Crippen LogP contribution in [0.3, 0.4) is 0 Å². The topological polar surface area (TPSA) is 121 Å². The lowest BCUT2D eigenvalue weighted by molar-refractivity contribution is 0.0268. The smallest absolute Gasteiger partial charge is 0.406 e. The van der Waals surface area contributed by atoms with E-state index in [-0.39, 0.29) is 29.3 Å². The number of nitrogens with zero attached hydrogens (tertiary/aromatic N) is 2. The lowest BCUT2D eigenvalue weighted by Gasteiger charge is -2.35. The van der Waals surface area contributed by atoms with Gasteiger partial charge in [0.15, 0.2) is 6.23 Å². The van der Waals surface area contributed by atoms with Gasteiger partial charge in [-0.2, -0.15) is 4.31 Å². The summed E-state index contributed by atoms with van der Waals surface area (Å²) in [5.74, 6) is 0.666. The highest BCUT2D eigenvalue weighted by Crippen LogP contribution is 2.38. The number of carbonyl (C=O) groups excluding carboxylic acids is 1. The van der Waals surface area contributed by atoms with Crippen molar-refractivity contribution in [3.63, 3.8) is 0 Å². The van der Waals surface area contributed by atoms with Crippen LogP contribution in [0.1, 0.15) is 29.8 Å². The standard InChI is InChI=1S/C24H24FN3O6S/c1-3-32-16-5-7-17(8-6-16)33-21-11-9-18(14-27-21)35(30,31)28-13-12-19-15(2)4-10-20(25)22(19)23(28)34-24(26)29/h4-11,14,23H,3,12-13H2,1-2H3,(H2,26,29)/t23-/m1/s1. The number of fused-ring (bicyclic) bond motifs is 1. The third-order valence-corrected chi connectivity index (χ3v) is 7.36. The molecule has 1 aromatic heterocycles. The molecule has 0 saturated carbocycles. The first-order chi connectivity index (χ1) is 16.7.